The molecule has 0 saturated heterocycles. The molecule has 0 aliphatic rings. The predicted molar refractivity (Wildman–Crippen MR) is 91.2 cm³/mol. The van der Waals surface area contributed by atoms with E-state index in [0.29, 0.717) is 21.1 Å². The summed E-state index contributed by atoms with van der Waals surface area (Å²) in [6, 6.07) is 11.5. The number of thioether (sulfide) groups is 1. The fraction of sp³-hybridized carbons (Fsp3) is 0.0714. The molecule has 0 spiro atoms. The maximum Gasteiger partial charge on any atom is 0.283 e. The number of benzene rings is 2. The summed E-state index contributed by atoms with van der Waals surface area (Å²) in [5.41, 5.74) is 1.52. The van der Waals surface area contributed by atoms with Gasteiger partial charge in [0.25, 0.3) is 5.69 Å². The molecule has 0 fully saturated rings. The van der Waals surface area contributed by atoms with Gasteiger partial charge in [-0.15, -0.1) is 5.10 Å². The molecule has 1 heterocycles. The first-order chi connectivity index (χ1) is 11.5. The lowest BCUT2D eigenvalue weighted by Crippen LogP contribution is -1.99. The van der Waals surface area contributed by atoms with E-state index in [1.165, 1.54) is 22.5 Å². The van der Waals surface area contributed by atoms with Crippen LogP contribution in [0, 0.1) is 10.1 Å². The summed E-state index contributed by atoms with van der Waals surface area (Å²) in [7, 11) is 0. The molecule has 10 heteroatoms. The van der Waals surface area contributed by atoms with Crippen LogP contribution in [0.5, 0.6) is 5.75 Å². The van der Waals surface area contributed by atoms with Gasteiger partial charge in [0.1, 0.15) is 5.75 Å². The van der Waals surface area contributed by atoms with E-state index in [0.717, 1.165) is 5.56 Å². The predicted octanol–water partition coefficient (Wildman–Crippen LogP) is 3.33. The second-order valence-corrected chi connectivity index (χ2v) is 6.52. The highest BCUT2D eigenvalue weighted by Gasteiger charge is 2.14. The van der Waals surface area contributed by atoms with Gasteiger partial charge in [0, 0.05) is 11.8 Å². The lowest BCUT2D eigenvalue weighted by Gasteiger charge is -2.05. The number of hydrogen-bond acceptors (Lipinski definition) is 7. The third-order valence-corrected chi connectivity index (χ3v) is 4.77. The maximum atomic E-state index is 11.0. The standard InChI is InChI=1S/C14H10BrN5O3S/c15-12-6-1-9(7-13(12)20(22)23)8-24-14-16-17-18-19(14)10-2-4-11(21)5-3-10/h1-7,21H,8H2. The van der Waals surface area contributed by atoms with E-state index < -0.39 is 4.92 Å². The van der Waals surface area contributed by atoms with Gasteiger partial charge in [-0.3, -0.25) is 10.1 Å². The highest BCUT2D eigenvalue weighted by atomic mass is 79.9. The van der Waals surface area contributed by atoms with Crippen molar-refractivity contribution in [3.8, 4) is 11.4 Å². The van der Waals surface area contributed by atoms with Crippen LogP contribution in [0.4, 0.5) is 5.69 Å². The van der Waals surface area contributed by atoms with E-state index in [1.54, 1.807) is 36.4 Å². The van der Waals surface area contributed by atoms with Gasteiger partial charge < -0.3 is 5.11 Å². The second kappa shape index (κ2) is 6.97. The van der Waals surface area contributed by atoms with Crippen LogP contribution in [-0.2, 0) is 5.75 Å². The Bertz CT molecular complexity index is 884. The molecule has 3 rings (SSSR count). The highest BCUT2D eigenvalue weighted by molar-refractivity contribution is 9.10. The van der Waals surface area contributed by atoms with Gasteiger partial charge in [0.2, 0.25) is 5.16 Å². The molecule has 0 saturated carbocycles. The molecule has 3 aromatic rings. The number of hydrogen-bond donors (Lipinski definition) is 1. The molecular weight excluding hydrogens is 398 g/mol. The van der Waals surface area contributed by atoms with Crippen molar-refractivity contribution in [3.05, 3.63) is 62.6 Å². The minimum absolute atomic E-state index is 0.0197. The first-order valence-corrected chi connectivity index (χ1v) is 8.46. The summed E-state index contributed by atoms with van der Waals surface area (Å²) >= 11 is 4.52. The summed E-state index contributed by atoms with van der Waals surface area (Å²) in [5.74, 6) is 0.634. The monoisotopic (exact) mass is 407 g/mol. The van der Waals surface area contributed by atoms with E-state index in [9.17, 15) is 15.2 Å². The number of phenols is 1. The molecular formula is C14H10BrN5O3S. The lowest BCUT2D eigenvalue weighted by atomic mass is 10.2. The van der Waals surface area contributed by atoms with E-state index in [2.05, 4.69) is 31.5 Å². The van der Waals surface area contributed by atoms with Crippen molar-refractivity contribution in [2.45, 2.75) is 10.9 Å². The first-order valence-electron chi connectivity index (χ1n) is 6.68. The molecule has 0 bridgehead atoms. The molecule has 0 aliphatic heterocycles. The van der Waals surface area contributed by atoms with Crippen molar-refractivity contribution in [2.75, 3.05) is 0 Å². The van der Waals surface area contributed by atoms with Crippen LogP contribution in [0.2, 0.25) is 0 Å². The van der Waals surface area contributed by atoms with Crippen molar-refractivity contribution in [1.29, 1.82) is 0 Å². The van der Waals surface area contributed by atoms with Gasteiger partial charge >= 0.3 is 0 Å². The molecule has 1 aromatic heterocycles. The number of aromatic hydroxyl groups is 1. The fourth-order valence-electron chi connectivity index (χ4n) is 1.96. The van der Waals surface area contributed by atoms with Crippen LogP contribution in [-0.4, -0.2) is 30.2 Å². The summed E-state index contributed by atoms with van der Waals surface area (Å²) in [4.78, 5) is 10.6. The van der Waals surface area contributed by atoms with Gasteiger partial charge in [0.05, 0.1) is 15.1 Å². The van der Waals surface area contributed by atoms with E-state index >= 15 is 0 Å². The Morgan fingerprint density at radius 1 is 1.25 bits per heavy atom. The Kier molecular flexibility index (Phi) is 4.76. The molecule has 0 unspecified atom stereocenters. The number of aromatic nitrogens is 4. The molecule has 24 heavy (non-hydrogen) atoms. The smallest absolute Gasteiger partial charge is 0.283 e. The fourth-order valence-corrected chi connectivity index (χ4v) is 3.19. The zero-order chi connectivity index (χ0) is 17.1. The third-order valence-electron chi connectivity index (χ3n) is 3.11. The van der Waals surface area contributed by atoms with Crippen molar-refractivity contribution in [2.24, 2.45) is 0 Å². The lowest BCUT2D eigenvalue weighted by molar-refractivity contribution is -0.385. The number of halogens is 1. The molecule has 0 radical (unpaired) electrons. The molecule has 0 aliphatic carbocycles. The number of nitro benzene ring substituents is 1. The second-order valence-electron chi connectivity index (χ2n) is 4.72. The SMILES string of the molecule is O=[N+]([O-])c1cc(CSc2nnnn2-c2ccc(O)cc2)ccc1Br. The Morgan fingerprint density at radius 3 is 2.71 bits per heavy atom. The number of tetrazole rings is 1. The Balaban J connectivity index is 1.79. The molecule has 2 aromatic carbocycles. The van der Waals surface area contributed by atoms with Crippen LogP contribution >= 0.6 is 27.7 Å². The topological polar surface area (TPSA) is 107 Å². The van der Waals surface area contributed by atoms with E-state index in [-0.39, 0.29) is 11.4 Å². The summed E-state index contributed by atoms with van der Waals surface area (Å²) in [6.07, 6.45) is 0. The molecule has 1 N–H and O–H groups in total. The first kappa shape index (κ1) is 16.4. The maximum absolute atomic E-state index is 11.0. The van der Waals surface area contributed by atoms with Crippen molar-refractivity contribution in [3.63, 3.8) is 0 Å². The minimum atomic E-state index is -0.432. The van der Waals surface area contributed by atoms with Gasteiger partial charge in [0.15, 0.2) is 0 Å². The van der Waals surface area contributed by atoms with Crippen molar-refractivity contribution in [1.82, 2.24) is 20.2 Å². The largest absolute Gasteiger partial charge is 0.508 e. The molecule has 122 valence electrons. The van der Waals surface area contributed by atoms with Gasteiger partial charge in [-0.25, -0.2) is 0 Å². The summed E-state index contributed by atoms with van der Waals surface area (Å²) in [6.45, 7) is 0. The van der Waals surface area contributed by atoms with Gasteiger partial charge in [-0.2, -0.15) is 4.68 Å². The summed E-state index contributed by atoms with van der Waals surface area (Å²) in [5, 5.41) is 32.4. The van der Waals surface area contributed by atoms with Crippen LogP contribution in [0.3, 0.4) is 0 Å². The molecule has 8 nitrogen and oxygen atoms in total. The quantitative estimate of drug-likeness (QED) is 0.392. The van der Waals surface area contributed by atoms with Gasteiger partial charge in [-0.05, 0) is 62.3 Å². The van der Waals surface area contributed by atoms with Crippen LogP contribution < -0.4 is 0 Å². The average Bonchev–Trinajstić information content (AvgIpc) is 3.03. The average molecular weight is 408 g/mol. The molecule has 0 atom stereocenters. The van der Waals surface area contributed by atoms with Crippen LogP contribution in [0.25, 0.3) is 5.69 Å². The normalized spacial score (nSPS) is 10.7. The van der Waals surface area contributed by atoms with Crippen LogP contribution in [0.1, 0.15) is 5.56 Å². The zero-order valence-electron chi connectivity index (χ0n) is 12.0. The van der Waals surface area contributed by atoms with E-state index in [1.807, 2.05) is 0 Å². The summed E-state index contributed by atoms with van der Waals surface area (Å²) < 4.78 is 1.98. The zero-order valence-corrected chi connectivity index (χ0v) is 14.4. The van der Waals surface area contributed by atoms with Crippen molar-refractivity contribution >= 4 is 33.4 Å². The minimum Gasteiger partial charge on any atom is -0.508 e. The number of rotatable bonds is 5. The Hall–Kier alpha value is -2.46. The molecule has 0 amide bonds. The number of nitrogens with zero attached hydrogens (tertiary/aromatic N) is 5. The highest BCUT2D eigenvalue weighted by Crippen LogP contribution is 2.29. The van der Waals surface area contributed by atoms with Crippen molar-refractivity contribution < 1.29 is 10.0 Å². The van der Waals surface area contributed by atoms with Crippen LogP contribution in [0.15, 0.2) is 52.1 Å². The number of nitro groups is 1. The Morgan fingerprint density at radius 2 is 2.00 bits per heavy atom. The van der Waals surface area contributed by atoms with E-state index in [4.69, 9.17) is 0 Å². The third kappa shape index (κ3) is 3.54. The van der Waals surface area contributed by atoms with Gasteiger partial charge in [-0.1, -0.05) is 17.8 Å². The Labute approximate surface area is 148 Å². The number of phenolic OH excluding ortho intramolecular Hbond substituents is 1.